The van der Waals surface area contributed by atoms with E-state index in [1.54, 1.807) is 19.3 Å². The number of methoxy groups -OCH3 is 3. The fourth-order valence-electron chi connectivity index (χ4n) is 2.39. The highest BCUT2D eigenvalue weighted by atomic mass is 16.5. The molecule has 0 fully saturated rings. The number of nitrogen functional groups attached to an aromatic ring is 1. The molecule has 2 rings (SSSR count). The second-order valence-electron chi connectivity index (χ2n) is 5.32. The predicted octanol–water partition coefficient (Wildman–Crippen LogP) is 2.26. The number of esters is 1. The smallest absolute Gasteiger partial charge is 0.340 e. The van der Waals surface area contributed by atoms with Crippen LogP contribution in [0, 0.1) is 0 Å². The molecule has 0 bridgehead atoms. The highest BCUT2D eigenvalue weighted by Gasteiger charge is 2.19. The van der Waals surface area contributed by atoms with Gasteiger partial charge >= 0.3 is 5.97 Å². The van der Waals surface area contributed by atoms with Crippen LogP contribution in [0.4, 0.5) is 5.69 Å². The SMILES string of the molecule is COC1=CC=C(C(=O)COC(=O)c2cc(OC)c(OC)cc2N)CC1. The average Bonchev–Trinajstić information content (AvgIpc) is 2.65. The largest absolute Gasteiger partial charge is 0.501 e. The summed E-state index contributed by atoms with van der Waals surface area (Å²) in [5.74, 6) is 0.615. The highest BCUT2D eigenvalue weighted by Crippen LogP contribution is 2.32. The topological polar surface area (TPSA) is 97.1 Å². The first kappa shape index (κ1) is 18.4. The number of carbonyl (C=O) groups excluding carboxylic acids is 2. The summed E-state index contributed by atoms with van der Waals surface area (Å²) < 4.78 is 20.5. The summed E-state index contributed by atoms with van der Waals surface area (Å²) in [4.78, 5) is 24.4. The Morgan fingerprint density at radius 1 is 1.00 bits per heavy atom. The molecule has 0 saturated carbocycles. The molecule has 0 radical (unpaired) electrons. The van der Waals surface area contributed by atoms with E-state index in [1.807, 2.05) is 0 Å². The zero-order chi connectivity index (χ0) is 18.4. The average molecular weight is 347 g/mol. The third-order valence-corrected chi connectivity index (χ3v) is 3.84. The molecule has 7 heteroatoms. The minimum absolute atomic E-state index is 0.115. The molecule has 0 spiro atoms. The number of Topliss-reactive ketones (excluding diaryl/α,β-unsaturated/α-hetero) is 1. The van der Waals surface area contributed by atoms with Crippen LogP contribution >= 0.6 is 0 Å². The Morgan fingerprint density at radius 3 is 2.24 bits per heavy atom. The Balaban J connectivity index is 2.04. The van der Waals surface area contributed by atoms with Gasteiger partial charge in [0.2, 0.25) is 0 Å². The van der Waals surface area contributed by atoms with Gasteiger partial charge in [0.1, 0.15) is 0 Å². The van der Waals surface area contributed by atoms with Crippen LogP contribution in [0.5, 0.6) is 11.5 Å². The summed E-state index contributed by atoms with van der Waals surface area (Å²) in [5.41, 5.74) is 6.73. The van der Waals surface area contributed by atoms with E-state index in [1.165, 1.54) is 26.4 Å². The molecular weight excluding hydrogens is 326 g/mol. The fraction of sp³-hybridized carbons (Fsp3) is 0.333. The van der Waals surface area contributed by atoms with Gasteiger partial charge in [-0.15, -0.1) is 0 Å². The fourth-order valence-corrected chi connectivity index (χ4v) is 2.39. The Hall–Kier alpha value is -2.96. The maximum atomic E-state index is 12.2. The zero-order valence-corrected chi connectivity index (χ0v) is 14.5. The summed E-state index contributed by atoms with van der Waals surface area (Å²) >= 11 is 0. The van der Waals surface area contributed by atoms with Crippen molar-refractivity contribution in [2.24, 2.45) is 0 Å². The lowest BCUT2D eigenvalue weighted by molar-refractivity contribution is -0.118. The van der Waals surface area contributed by atoms with E-state index in [-0.39, 0.29) is 23.6 Å². The number of anilines is 1. The summed E-state index contributed by atoms with van der Waals surface area (Å²) in [6.45, 7) is -0.353. The molecule has 0 aromatic heterocycles. The first-order valence-electron chi connectivity index (χ1n) is 7.65. The molecule has 0 heterocycles. The number of nitrogens with two attached hydrogens (primary N) is 1. The van der Waals surface area contributed by atoms with Crippen molar-refractivity contribution in [1.29, 1.82) is 0 Å². The van der Waals surface area contributed by atoms with Gasteiger partial charge in [-0.25, -0.2) is 4.79 Å². The molecule has 0 saturated heterocycles. The molecule has 1 aliphatic carbocycles. The van der Waals surface area contributed by atoms with Gasteiger partial charge in [-0.2, -0.15) is 0 Å². The van der Waals surface area contributed by atoms with Gasteiger partial charge in [-0.1, -0.05) is 6.08 Å². The Morgan fingerprint density at radius 2 is 1.68 bits per heavy atom. The van der Waals surface area contributed by atoms with Crippen LogP contribution in [-0.4, -0.2) is 39.7 Å². The standard InChI is InChI=1S/C18H21NO6/c1-22-12-6-4-11(5-7-12)15(20)10-25-18(21)13-8-16(23-2)17(24-3)9-14(13)19/h4,6,8-9H,5,7,10,19H2,1-3H3. The van der Waals surface area contributed by atoms with Crippen molar-refractivity contribution in [2.45, 2.75) is 12.8 Å². The molecule has 0 amide bonds. The lowest BCUT2D eigenvalue weighted by Crippen LogP contribution is -2.17. The molecule has 1 aromatic carbocycles. The Bertz CT molecular complexity index is 735. The van der Waals surface area contributed by atoms with E-state index in [4.69, 9.17) is 24.7 Å². The Kier molecular flexibility index (Phi) is 6.05. The lowest BCUT2D eigenvalue weighted by Gasteiger charge is -2.14. The third-order valence-electron chi connectivity index (χ3n) is 3.84. The minimum atomic E-state index is -0.698. The number of ketones is 1. The van der Waals surface area contributed by atoms with Gasteiger partial charge in [0.05, 0.1) is 38.3 Å². The van der Waals surface area contributed by atoms with Crippen LogP contribution in [0.2, 0.25) is 0 Å². The number of ether oxygens (including phenoxy) is 4. The Labute approximate surface area is 146 Å². The molecule has 1 aromatic rings. The van der Waals surface area contributed by atoms with E-state index < -0.39 is 5.97 Å². The number of benzene rings is 1. The lowest BCUT2D eigenvalue weighted by atomic mass is 10.0. The van der Waals surface area contributed by atoms with Crippen LogP contribution in [0.3, 0.4) is 0 Å². The number of hydrogen-bond acceptors (Lipinski definition) is 7. The van der Waals surface area contributed by atoms with E-state index in [0.717, 1.165) is 5.76 Å². The van der Waals surface area contributed by atoms with E-state index in [9.17, 15) is 9.59 Å². The normalized spacial score (nSPS) is 13.4. The second-order valence-corrected chi connectivity index (χ2v) is 5.32. The summed E-state index contributed by atoms with van der Waals surface area (Å²) in [5, 5.41) is 0. The van der Waals surface area contributed by atoms with Gasteiger partial charge in [0.15, 0.2) is 23.9 Å². The molecule has 0 unspecified atom stereocenters. The summed E-state index contributed by atoms with van der Waals surface area (Å²) in [7, 11) is 4.50. The maximum absolute atomic E-state index is 12.2. The molecule has 7 nitrogen and oxygen atoms in total. The molecule has 0 atom stereocenters. The van der Waals surface area contributed by atoms with Crippen molar-refractivity contribution < 1.29 is 28.5 Å². The molecule has 25 heavy (non-hydrogen) atoms. The van der Waals surface area contributed by atoms with Crippen molar-refractivity contribution in [1.82, 2.24) is 0 Å². The van der Waals surface area contributed by atoms with Crippen molar-refractivity contribution in [3.05, 3.63) is 41.2 Å². The van der Waals surface area contributed by atoms with Crippen LogP contribution in [0.15, 0.2) is 35.6 Å². The predicted molar refractivity (Wildman–Crippen MR) is 91.7 cm³/mol. The molecule has 1 aliphatic rings. The number of rotatable bonds is 7. The van der Waals surface area contributed by atoms with Gasteiger partial charge in [-0.3, -0.25) is 4.79 Å². The van der Waals surface area contributed by atoms with E-state index in [2.05, 4.69) is 0 Å². The number of carbonyl (C=O) groups is 2. The highest BCUT2D eigenvalue weighted by molar-refractivity contribution is 6.01. The van der Waals surface area contributed by atoms with Crippen molar-refractivity contribution >= 4 is 17.4 Å². The number of hydrogen-bond donors (Lipinski definition) is 1. The third kappa shape index (κ3) is 4.32. The van der Waals surface area contributed by atoms with Gasteiger partial charge in [0, 0.05) is 18.6 Å². The van der Waals surface area contributed by atoms with Crippen molar-refractivity contribution in [2.75, 3.05) is 33.7 Å². The molecular formula is C18H21NO6. The molecule has 2 N–H and O–H groups in total. The quantitative estimate of drug-likeness (QED) is 0.597. The van der Waals surface area contributed by atoms with Crippen LogP contribution < -0.4 is 15.2 Å². The molecule has 0 aliphatic heterocycles. The van der Waals surface area contributed by atoms with Crippen molar-refractivity contribution in [3.8, 4) is 11.5 Å². The zero-order valence-electron chi connectivity index (χ0n) is 14.5. The van der Waals surface area contributed by atoms with Crippen molar-refractivity contribution in [3.63, 3.8) is 0 Å². The van der Waals surface area contributed by atoms with Gasteiger partial charge in [-0.05, 0) is 18.1 Å². The summed E-state index contributed by atoms with van der Waals surface area (Å²) in [6.07, 6.45) is 4.62. The van der Waals surface area contributed by atoms with E-state index >= 15 is 0 Å². The monoisotopic (exact) mass is 347 g/mol. The van der Waals surface area contributed by atoms with Gasteiger partial charge in [0.25, 0.3) is 0 Å². The van der Waals surface area contributed by atoms with Crippen LogP contribution in [-0.2, 0) is 14.3 Å². The summed E-state index contributed by atoms with van der Waals surface area (Å²) in [6, 6.07) is 2.90. The first-order valence-corrected chi connectivity index (χ1v) is 7.65. The second kappa shape index (κ2) is 8.23. The maximum Gasteiger partial charge on any atom is 0.340 e. The first-order chi connectivity index (χ1) is 12.0. The van der Waals surface area contributed by atoms with E-state index in [0.29, 0.717) is 29.9 Å². The van der Waals surface area contributed by atoms with Crippen LogP contribution in [0.1, 0.15) is 23.2 Å². The van der Waals surface area contributed by atoms with Gasteiger partial charge < -0.3 is 24.7 Å². The number of allylic oxidation sites excluding steroid dienone is 3. The van der Waals surface area contributed by atoms with Crippen LogP contribution in [0.25, 0.3) is 0 Å². The molecule has 134 valence electrons. The minimum Gasteiger partial charge on any atom is -0.501 e.